The first-order valence-corrected chi connectivity index (χ1v) is 13.1. The number of benzene rings is 2. The maximum Gasteiger partial charge on any atom is 2.00 e. The fourth-order valence-corrected chi connectivity index (χ4v) is 3.23. The summed E-state index contributed by atoms with van der Waals surface area (Å²) in [6.07, 6.45) is 2.36. The van der Waals surface area contributed by atoms with E-state index in [9.17, 15) is 0 Å². The zero-order valence-electron chi connectivity index (χ0n) is 21.9. The second-order valence-corrected chi connectivity index (χ2v) is 8.42. The van der Waals surface area contributed by atoms with Crippen LogP contribution in [0, 0.1) is 0 Å². The van der Waals surface area contributed by atoms with Crippen LogP contribution in [0.4, 0.5) is 0 Å². The fraction of sp³-hybridized carbons (Fsp3) is 0.423. The summed E-state index contributed by atoms with van der Waals surface area (Å²) in [6.45, 7) is 9.24. The second kappa shape index (κ2) is 20.5. The maximum atomic E-state index is 5.47. The van der Waals surface area contributed by atoms with E-state index < -0.39 is 0 Å². The molecule has 0 aliphatic rings. The molecule has 0 aliphatic carbocycles. The normalized spacial score (nSPS) is 12.6. The molecule has 0 bridgehead atoms. The third kappa shape index (κ3) is 14.5. The van der Waals surface area contributed by atoms with Crippen LogP contribution in [0.2, 0.25) is 0 Å². The minimum absolute atomic E-state index is 0. The molecule has 2 rings (SSSR count). The minimum Gasteiger partial charge on any atom is -0.742 e. The summed E-state index contributed by atoms with van der Waals surface area (Å²) >= 11 is 10.6. The van der Waals surface area contributed by atoms with Crippen molar-refractivity contribution in [1.82, 2.24) is 16.3 Å². The number of aliphatic imine (C=N–C) groups is 2. The molecule has 3 N–H and O–H groups in total. The Morgan fingerprint density at radius 1 is 0.816 bits per heavy atom. The molecular formula is C26H36CuN6O3S2. The van der Waals surface area contributed by atoms with E-state index in [1.54, 1.807) is 6.21 Å². The van der Waals surface area contributed by atoms with Crippen molar-refractivity contribution in [3.8, 4) is 11.5 Å². The van der Waals surface area contributed by atoms with Gasteiger partial charge in [0.15, 0.2) is 0 Å². The van der Waals surface area contributed by atoms with Crippen LogP contribution in [0.1, 0.15) is 38.3 Å². The van der Waals surface area contributed by atoms with E-state index in [4.69, 9.17) is 39.5 Å². The van der Waals surface area contributed by atoms with Crippen molar-refractivity contribution in [3.05, 3.63) is 59.7 Å². The summed E-state index contributed by atoms with van der Waals surface area (Å²) in [5.41, 5.74) is 10.9. The zero-order chi connectivity index (χ0) is 26.7. The van der Waals surface area contributed by atoms with Crippen LogP contribution in [-0.4, -0.2) is 49.0 Å². The topological polar surface area (TPSA) is 101 Å². The summed E-state index contributed by atoms with van der Waals surface area (Å²) in [5.74, 6) is 1.67. The molecule has 0 aliphatic heterocycles. The third-order valence-electron chi connectivity index (χ3n) is 4.84. The molecule has 2 aromatic carbocycles. The molecule has 0 fully saturated rings. The van der Waals surface area contributed by atoms with Gasteiger partial charge in [0, 0.05) is 19.4 Å². The van der Waals surface area contributed by atoms with Crippen LogP contribution in [0.5, 0.6) is 11.5 Å². The van der Waals surface area contributed by atoms with E-state index in [1.807, 2.05) is 69.3 Å². The first-order chi connectivity index (χ1) is 18.0. The maximum absolute atomic E-state index is 5.47. The van der Waals surface area contributed by atoms with Crippen molar-refractivity contribution in [2.75, 3.05) is 26.4 Å². The van der Waals surface area contributed by atoms with Gasteiger partial charge in [-0.25, -0.2) is 5.43 Å². The van der Waals surface area contributed by atoms with Gasteiger partial charge in [-0.1, -0.05) is 24.3 Å². The average molecular weight is 608 g/mol. The molecule has 0 saturated heterocycles. The zero-order valence-corrected chi connectivity index (χ0v) is 24.5. The third-order valence-corrected chi connectivity index (χ3v) is 5.29. The quantitative estimate of drug-likeness (QED) is 0.0666. The molecular weight excluding hydrogens is 572 g/mol. The molecule has 9 nitrogen and oxygen atoms in total. The number of nitrogens with one attached hydrogen (secondary N) is 3. The van der Waals surface area contributed by atoms with Gasteiger partial charge in [-0.05, 0) is 72.9 Å². The molecule has 0 saturated carbocycles. The number of nitrogens with zero attached hydrogens (tertiary/aromatic N) is 3. The Labute approximate surface area is 247 Å². The predicted molar refractivity (Wildman–Crippen MR) is 155 cm³/mol. The Morgan fingerprint density at radius 3 is 1.84 bits per heavy atom. The number of hydrazine groups is 1. The monoisotopic (exact) mass is 607 g/mol. The summed E-state index contributed by atoms with van der Waals surface area (Å²) in [5, 5.41) is 4.86. The van der Waals surface area contributed by atoms with Crippen LogP contribution in [0.15, 0.2) is 63.6 Å². The molecule has 1 atom stereocenters. The number of ether oxygens (including phenoxy) is 3. The second-order valence-electron chi connectivity index (χ2n) is 7.65. The van der Waals surface area contributed by atoms with Gasteiger partial charge in [0.05, 0.1) is 32.3 Å². The van der Waals surface area contributed by atoms with Crippen LogP contribution in [0.3, 0.4) is 0 Å². The molecule has 211 valence electrons. The van der Waals surface area contributed by atoms with Crippen molar-refractivity contribution in [1.29, 1.82) is 0 Å². The molecule has 2 aromatic rings. The summed E-state index contributed by atoms with van der Waals surface area (Å²) in [6, 6.07) is 15.4. The Morgan fingerprint density at radius 2 is 1.34 bits per heavy atom. The van der Waals surface area contributed by atoms with Gasteiger partial charge in [0.1, 0.15) is 11.5 Å². The smallest absolute Gasteiger partial charge is 0.742 e. The summed E-state index contributed by atoms with van der Waals surface area (Å²) in [7, 11) is 0. The van der Waals surface area contributed by atoms with Crippen LogP contribution >= 0.6 is 0 Å². The largest absolute Gasteiger partial charge is 2.00 e. The first kappa shape index (κ1) is 33.6. The summed E-state index contributed by atoms with van der Waals surface area (Å²) in [4.78, 5) is 8.74. The van der Waals surface area contributed by atoms with Gasteiger partial charge in [0.2, 0.25) is 0 Å². The number of hydrogen-bond acceptors (Lipinski definition) is 9. The van der Waals surface area contributed by atoms with Gasteiger partial charge < -0.3 is 44.9 Å². The number of hydrazone groups is 1. The van der Waals surface area contributed by atoms with E-state index in [0.717, 1.165) is 22.6 Å². The van der Waals surface area contributed by atoms with Crippen molar-refractivity contribution < 1.29 is 31.3 Å². The Balaban J connectivity index is 0.00000722. The number of amidine groups is 2. The molecule has 0 amide bonds. The van der Waals surface area contributed by atoms with Crippen molar-refractivity contribution in [3.63, 3.8) is 0 Å². The van der Waals surface area contributed by atoms with E-state index in [0.29, 0.717) is 56.3 Å². The van der Waals surface area contributed by atoms with Gasteiger partial charge >= 0.3 is 17.1 Å². The molecule has 1 radical (unpaired) electrons. The SMILES string of the molecule is CCOCCC(C=NNC([S-])=NCc1ccc(OCC)cc1)NNC([S-])=NCc1ccc(OCC)cc1.[Cu+2]. The Hall–Kier alpha value is -2.47. The van der Waals surface area contributed by atoms with Gasteiger partial charge in [-0.3, -0.25) is 15.4 Å². The Kier molecular flexibility index (Phi) is 18.1. The molecule has 12 heteroatoms. The number of hydrogen-bond donors (Lipinski definition) is 3. The van der Waals surface area contributed by atoms with Crippen molar-refractivity contribution in [2.45, 2.75) is 46.3 Å². The van der Waals surface area contributed by atoms with Crippen LogP contribution in [0.25, 0.3) is 0 Å². The molecule has 0 aromatic heterocycles. The Bertz CT molecular complexity index is 991. The molecule has 38 heavy (non-hydrogen) atoms. The van der Waals surface area contributed by atoms with E-state index >= 15 is 0 Å². The van der Waals surface area contributed by atoms with Crippen LogP contribution in [-0.2, 0) is 60.2 Å². The predicted octanol–water partition coefficient (Wildman–Crippen LogP) is 3.45. The van der Waals surface area contributed by atoms with Crippen molar-refractivity contribution in [2.24, 2.45) is 15.1 Å². The van der Waals surface area contributed by atoms with Gasteiger partial charge in [-0.15, -0.1) is 0 Å². The average Bonchev–Trinajstić information content (AvgIpc) is 2.91. The fourth-order valence-electron chi connectivity index (χ4n) is 2.99. The van der Waals surface area contributed by atoms with Gasteiger partial charge in [-0.2, -0.15) is 5.10 Å². The van der Waals surface area contributed by atoms with E-state index in [2.05, 4.69) is 31.4 Å². The summed E-state index contributed by atoms with van der Waals surface area (Å²) < 4.78 is 16.4. The standard InChI is InChI=1S/C26H38N6O3S2.Cu/c1-4-33-16-15-22(30-32-26(37)28-18-21-9-13-24(14-10-21)35-6-3)19-29-31-25(36)27-17-20-7-11-23(12-8-20)34-5-2;/h7-14,19,22,30H,4-6,15-18H2,1-3H3,(H2,27,31,36)(H2,28,32,37);/q;+2/p-2. The first-order valence-electron chi connectivity index (χ1n) is 12.3. The molecule has 1 unspecified atom stereocenters. The van der Waals surface area contributed by atoms with Gasteiger partial charge in [0.25, 0.3) is 0 Å². The molecule has 0 spiro atoms. The van der Waals surface area contributed by atoms with Crippen LogP contribution < -0.4 is 25.8 Å². The molecule has 0 heterocycles. The van der Waals surface area contributed by atoms with E-state index in [-0.39, 0.29) is 23.1 Å². The van der Waals surface area contributed by atoms with Crippen molar-refractivity contribution >= 4 is 41.8 Å². The van der Waals surface area contributed by atoms with E-state index in [1.165, 1.54) is 0 Å². The number of rotatable bonds is 16. The minimum atomic E-state index is -0.174.